The van der Waals surface area contributed by atoms with E-state index in [0.717, 1.165) is 9.13 Å². The Labute approximate surface area is 84.8 Å². The van der Waals surface area contributed by atoms with Crippen LogP contribution in [0.1, 0.15) is 13.8 Å². The maximum atomic E-state index is 11.6. The lowest BCUT2D eigenvalue weighted by atomic mass is 10.6. The summed E-state index contributed by atoms with van der Waals surface area (Å²) >= 11 is 0. The highest BCUT2D eigenvalue weighted by Gasteiger charge is 2.04. The van der Waals surface area contributed by atoms with E-state index in [9.17, 15) is 14.4 Å². The molecule has 80 valence electrons. The van der Waals surface area contributed by atoms with Gasteiger partial charge in [-0.3, -0.25) is 4.98 Å². The maximum Gasteiger partial charge on any atom is 0.344 e. The van der Waals surface area contributed by atoms with Crippen LogP contribution in [0, 0.1) is 0 Å². The fourth-order valence-corrected chi connectivity index (χ4v) is 1.06. The molecule has 1 N–H and O–H groups in total. The molecule has 6 nitrogen and oxygen atoms in total. The minimum atomic E-state index is -0.746. The number of allylic oxidation sites excluding steroid dienone is 2. The van der Waals surface area contributed by atoms with Gasteiger partial charge in [0.05, 0.1) is 0 Å². The predicted octanol–water partition coefficient (Wildman–Crippen LogP) is -0.320. The summed E-state index contributed by atoms with van der Waals surface area (Å²) in [6.07, 6.45) is 5.64. The highest BCUT2D eigenvalue weighted by Crippen LogP contribution is 1.75. The van der Waals surface area contributed by atoms with Crippen LogP contribution >= 0.6 is 0 Å². The molecule has 0 aliphatic carbocycles. The van der Waals surface area contributed by atoms with Gasteiger partial charge in [0.1, 0.15) is 0 Å². The predicted molar refractivity (Wildman–Crippen MR) is 57.6 cm³/mol. The number of rotatable bonds is 2. The van der Waals surface area contributed by atoms with Crippen molar-refractivity contribution in [3.05, 3.63) is 43.6 Å². The van der Waals surface area contributed by atoms with Gasteiger partial charge >= 0.3 is 17.1 Å². The van der Waals surface area contributed by atoms with Crippen molar-refractivity contribution >= 4 is 12.4 Å². The lowest BCUT2D eigenvalue weighted by Crippen LogP contribution is -2.45. The van der Waals surface area contributed by atoms with Crippen molar-refractivity contribution in [2.45, 2.75) is 13.8 Å². The molecule has 15 heavy (non-hydrogen) atoms. The third-order valence-corrected chi connectivity index (χ3v) is 1.66. The SMILES string of the molecule is CC=Cn1c(=O)[nH]c(=O)n(C=CC)c1=O. The average Bonchev–Trinajstić information content (AvgIpc) is 2.19. The Morgan fingerprint density at radius 2 is 1.33 bits per heavy atom. The third-order valence-electron chi connectivity index (χ3n) is 1.66. The van der Waals surface area contributed by atoms with Gasteiger partial charge in [0.25, 0.3) is 0 Å². The molecular formula is C9H11N3O3. The van der Waals surface area contributed by atoms with Crippen LogP contribution in [0.3, 0.4) is 0 Å². The quantitative estimate of drug-likeness (QED) is 0.725. The second-order valence-electron chi connectivity index (χ2n) is 2.72. The van der Waals surface area contributed by atoms with Gasteiger partial charge in [0.2, 0.25) is 0 Å². The first-order valence-corrected chi connectivity index (χ1v) is 4.34. The Balaban J connectivity index is 3.72. The van der Waals surface area contributed by atoms with Crippen LogP contribution in [0.5, 0.6) is 0 Å². The molecule has 0 saturated carbocycles. The molecule has 0 aromatic carbocycles. The number of H-pyrrole nitrogens is 1. The normalized spacial score (nSPS) is 11.6. The van der Waals surface area contributed by atoms with E-state index in [2.05, 4.69) is 0 Å². The molecule has 0 radical (unpaired) electrons. The van der Waals surface area contributed by atoms with Crippen molar-refractivity contribution in [3.63, 3.8) is 0 Å². The molecule has 0 atom stereocenters. The van der Waals surface area contributed by atoms with E-state index < -0.39 is 17.1 Å². The van der Waals surface area contributed by atoms with E-state index in [-0.39, 0.29) is 0 Å². The highest BCUT2D eigenvalue weighted by atomic mass is 16.2. The van der Waals surface area contributed by atoms with E-state index in [1.807, 2.05) is 4.98 Å². The highest BCUT2D eigenvalue weighted by molar-refractivity contribution is 5.23. The number of hydrogen-bond acceptors (Lipinski definition) is 3. The summed E-state index contributed by atoms with van der Waals surface area (Å²) in [5.41, 5.74) is -2.19. The Kier molecular flexibility index (Phi) is 3.22. The molecule has 0 spiro atoms. The Morgan fingerprint density at radius 3 is 1.67 bits per heavy atom. The zero-order chi connectivity index (χ0) is 11.4. The molecule has 6 heteroatoms. The Bertz CT molecular complexity index is 524. The molecule has 0 saturated heterocycles. The fraction of sp³-hybridized carbons (Fsp3) is 0.222. The van der Waals surface area contributed by atoms with Crippen molar-refractivity contribution in [3.8, 4) is 0 Å². The molecule has 1 aromatic rings. The van der Waals surface area contributed by atoms with Crippen LogP contribution < -0.4 is 17.1 Å². The smallest absolute Gasteiger partial charge is 0.258 e. The molecule has 0 unspecified atom stereocenters. The van der Waals surface area contributed by atoms with Crippen molar-refractivity contribution in [2.75, 3.05) is 0 Å². The van der Waals surface area contributed by atoms with E-state index in [1.54, 1.807) is 13.8 Å². The van der Waals surface area contributed by atoms with E-state index in [4.69, 9.17) is 0 Å². The van der Waals surface area contributed by atoms with Crippen LogP contribution in [-0.2, 0) is 0 Å². The summed E-state index contributed by atoms with van der Waals surface area (Å²) in [7, 11) is 0. The Hall–Kier alpha value is -2.11. The molecular weight excluding hydrogens is 198 g/mol. The van der Waals surface area contributed by atoms with Crippen molar-refractivity contribution < 1.29 is 0 Å². The topological polar surface area (TPSA) is 76.9 Å². The number of aromatic amines is 1. The summed E-state index contributed by atoms with van der Waals surface area (Å²) in [6, 6.07) is 0. The largest absolute Gasteiger partial charge is 0.344 e. The standard InChI is InChI=1S/C9H11N3O3/c1-3-5-11-7(13)10-8(14)12(6-4-2)9(11)15/h3-6H,1-2H3,(H,10,13,14). The van der Waals surface area contributed by atoms with Crippen molar-refractivity contribution in [2.24, 2.45) is 0 Å². The fourth-order valence-electron chi connectivity index (χ4n) is 1.06. The molecule has 1 rings (SSSR count). The molecule has 0 fully saturated rings. The van der Waals surface area contributed by atoms with Crippen LogP contribution in [0.15, 0.2) is 26.5 Å². The van der Waals surface area contributed by atoms with Gasteiger partial charge in [0, 0.05) is 12.4 Å². The van der Waals surface area contributed by atoms with Gasteiger partial charge in [-0.05, 0) is 13.8 Å². The van der Waals surface area contributed by atoms with Crippen molar-refractivity contribution in [1.82, 2.24) is 14.1 Å². The summed E-state index contributed by atoms with van der Waals surface area (Å²) in [4.78, 5) is 36.1. The molecule has 0 bridgehead atoms. The van der Waals surface area contributed by atoms with Crippen molar-refractivity contribution in [1.29, 1.82) is 0 Å². The zero-order valence-corrected chi connectivity index (χ0v) is 8.43. The number of hydrogen-bond donors (Lipinski definition) is 1. The second-order valence-corrected chi connectivity index (χ2v) is 2.72. The van der Waals surface area contributed by atoms with Gasteiger partial charge in [-0.25, -0.2) is 23.5 Å². The second kappa shape index (κ2) is 4.41. The minimum Gasteiger partial charge on any atom is -0.258 e. The summed E-state index contributed by atoms with van der Waals surface area (Å²) < 4.78 is 1.64. The molecule has 1 heterocycles. The first-order chi connectivity index (χ1) is 7.11. The number of aromatic nitrogens is 3. The van der Waals surface area contributed by atoms with E-state index in [0.29, 0.717) is 0 Å². The van der Waals surface area contributed by atoms with Gasteiger partial charge in [-0.1, -0.05) is 12.2 Å². The minimum absolute atomic E-state index is 0.694. The lowest BCUT2D eigenvalue weighted by Gasteiger charge is -1.99. The van der Waals surface area contributed by atoms with Crippen LogP contribution in [-0.4, -0.2) is 14.1 Å². The summed E-state index contributed by atoms with van der Waals surface area (Å²) in [5.74, 6) is 0. The molecule has 0 amide bonds. The summed E-state index contributed by atoms with van der Waals surface area (Å²) in [5, 5.41) is 0. The van der Waals surface area contributed by atoms with E-state index >= 15 is 0 Å². The monoisotopic (exact) mass is 209 g/mol. The van der Waals surface area contributed by atoms with Gasteiger partial charge in [-0.2, -0.15) is 0 Å². The lowest BCUT2D eigenvalue weighted by molar-refractivity contribution is 0.755. The first kappa shape index (κ1) is 11.0. The summed E-state index contributed by atoms with van der Waals surface area (Å²) in [6.45, 7) is 3.33. The van der Waals surface area contributed by atoms with Gasteiger partial charge in [0.15, 0.2) is 0 Å². The number of nitrogens with one attached hydrogen (secondary N) is 1. The molecule has 0 aliphatic heterocycles. The van der Waals surface area contributed by atoms with Gasteiger partial charge < -0.3 is 0 Å². The zero-order valence-electron chi connectivity index (χ0n) is 8.43. The Morgan fingerprint density at radius 1 is 0.933 bits per heavy atom. The molecule has 0 aliphatic rings. The average molecular weight is 209 g/mol. The van der Waals surface area contributed by atoms with Crippen LogP contribution in [0.25, 0.3) is 12.4 Å². The van der Waals surface area contributed by atoms with Gasteiger partial charge in [-0.15, -0.1) is 0 Å². The molecule has 1 aromatic heterocycles. The number of nitrogens with zero attached hydrogens (tertiary/aromatic N) is 2. The third kappa shape index (κ3) is 2.04. The van der Waals surface area contributed by atoms with Crippen LogP contribution in [0.4, 0.5) is 0 Å². The van der Waals surface area contributed by atoms with E-state index in [1.165, 1.54) is 24.6 Å². The van der Waals surface area contributed by atoms with Crippen LogP contribution in [0.2, 0.25) is 0 Å². The first-order valence-electron chi connectivity index (χ1n) is 4.34. The maximum absolute atomic E-state index is 11.6.